The number of ether oxygens (including phenoxy) is 2. The number of carbonyl (C=O) groups is 2. The summed E-state index contributed by atoms with van der Waals surface area (Å²) in [7, 11) is -3.88. The molecule has 1 atom stereocenters. The molecule has 1 aliphatic heterocycles. The van der Waals surface area contributed by atoms with Gasteiger partial charge >= 0.3 is 0 Å². The van der Waals surface area contributed by atoms with Crippen LogP contribution < -0.4 is 19.1 Å². The van der Waals surface area contributed by atoms with Crippen LogP contribution in [0, 0.1) is 0 Å². The number of carbonyl (C=O) groups excluding carboxylic acids is 2. The normalized spacial score (nSPS) is 13.6. The van der Waals surface area contributed by atoms with E-state index in [1.165, 1.54) is 17.9 Å². The van der Waals surface area contributed by atoms with Gasteiger partial charge in [-0.1, -0.05) is 29.3 Å². The second-order valence-corrected chi connectivity index (χ2v) is 11.0. The Bertz CT molecular complexity index is 1200. The quantitative estimate of drug-likeness (QED) is 0.479. The highest BCUT2D eigenvalue weighted by Crippen LogP contribution is 2.35. The van der Waals surface area contributed by atoms with Gasteiger partial charge in [-0.05, 0) is 45.0 Å². The van der Waals surface area contributed by atoms with Crippen LogP contribution in [0.25, 0.3) is 0 Å². The highest BCUT2D eigenvalue weighted by Gasteiger charge is 2.32. The largest absolute Gasteiger partial charge is 0.486 e. The van der Waals surface area contributed by atoms with Gasteiger partial charge in [0.25, 0.3) is 0 Å². The first-order valence-electron chi connectivity index (χ1n) is 11.5. The fourth-order valence-corrected chi connectivity index (χ4v) is 5.24. The van der Waals surface area contributed by atoms with Gasteiger partial charge in [0, 0.05) is 34.8 Å². The first-order valence-corrected chi connectivity index (χ1v) is 13.9. The molecule has 0 fully saturated rings. The van der Waals surface area contributed by atoms with Gasteiger partial charge in [-0.2, -0.15) is 0 Å². The van der Waals surface area contributed by atoms with E-state index >= 15 is 0 Å². The maximum atomic E-state index is 13.7. The van der Waals surface area contributed by atoms with E-state index in [0.29, 0.717) is 46.9 Å². The number of hydrogen-bond acceptors (Lipinski definition) is 6. The minimum Gasteiger partial charge on any atom is -0.486 e. The van der Waals surface area contributed by atoms with E-state index in [1.807, 2.05) is 0 Å². The molecule has 2 aromatic carbocycles. The van der Waals surface area contributed by atoms with Crippen molar-refractivity contribution in [3.8, 4) is 11.5 Å². The first-order chi connectivity index (χ1) is 17.1. The Morgan fingerprint density at radius 3 is 2.31 bits per heavy atom. The van der Waals surface area contributed by atoms with Crippen LogP contribution in [0.15, 0.2) is 36.4 Å². The zero-order valence-electron chi connectivity index (χ0n) is 20.3. The number of nitrogens with one attached hydrogen (secondary N) is 1. The molecule has 9 nitrogen and oxygen atoms in total. The molecule has 2 amide bonds. The molecule has 3 rings (SSSR count). The average molecular weight is 558 g/mol. The van der Waals surface area contributed by atoms with E-state index in [1.54, 1.807) is 44.2 Å². The van der Waals surface area contributed by atoms with Gasteiger partial charge in [-0.25, -0.2) is 8.42 Å². The smallest absolute Gasteiger partial charge is 0.244 e. The molecular weight excluding hydrogens is 529 g/mol. The van der Waals surface area contributed by atoms with Crippen molar-refractivity contribution in [1.29, 1.82) is 0 Å². The Kier molecular flexibility index (Phi) is 9.32. The van der Waals surface area contributed by atoms with Crippen molar-refractivity contribution in [3.05, 3.63) is 52.0 Å². The predicted octanol–water partition coefficient (Wildman–Crippen LogP) is 3.47. The fourth-order valence-electron chi connectivity index (χ4n) is 3.67. The molecule has 12 heteroatoms. The maximum absolute atomic E-state index is 13.7. The number of amides is 2. The first kappa shape index (κ1) is 27.9. The third-order valence-corrected chi connectivity index (χ3v) is 8.15. The van der Waals surface area contributed by atoms with Crippen molar-refractivity contribution in [1.82, 2.24) is 10.2 Å². The summed E-state index contributed by atoms with van der Waals surface area (Å²) in [6.07, 6.45) is 0. The molecule has 0 aliphatic carbocycles. The zero-order chi connectivity index (χ0) is 26.5. The summed E-state index contributed by atoms with van der Waals surface area (Å²) in [5, 5.41) is 3.35. The molecular formula is C24H29Cl2N3O6S. The molecule has 0 unspecified atom stereocenters. The van der Waals surface area contributed by atoms with E-state index in [2.05, 4.69) is 5.32 Å². The predicted molar refractivity (Wildman–Crippen MR) is 139 cm³/mol. The molecule has 1 N–H and O–H groups in total. The molecule has 0 radical (unpaired) electrons. The Balaban J connectivity index is 1.98. The Hall–Kier alpha value is -2.69. The van der Waals surface area contributed by atoms with Gasteiger partial charge in [-0.15, -0.1) is 0 Å². The van der Waals surface area contributed by atoms with Gasteiger partial charge in [0.05, 0.1) is 11.4 Å². The van der Waals surface area contributed by atoms with Gasteiger partial charge in [0.1, 0.15) is 25.8 Å². The van der Waals surface area contributed by atoms with Crippen molar-refractivity contribution < 1.29 is 27.5 Å². The topological polar surface area (TPSA) is 105 Å². The standard InChI is InChI=1S/C24H29Cl2N3O6S/c1-4-27-24(31)16(3)28(14-18-19(25)7-6-8-20(18)26)23(30)15-29(36(32,33)5-2)17-9-10-21-22(13-17)35-12-11-34-21/h6-10,13,16H,4-5,11-12,14-15H2,1-3H3,(H,27,31)/t16-/m0/s1. The third kappa shape index (κ3) is 6.35. The van der Waals surface area contributed by atoms with Crippen molar-refractivity contribution >= 4 is 50.7 Å². The lowest BCUT2D eigenvalue weighted by atomic mass is 10.1. The monoisotopic (exact) mass is 557 g/mol. The van der Waals surface area contributed by atoms with E-state index in [9.17, 15) is 18.0 Å². The average Bonchev–Trinajstić information content (AvgIpc) is 2.86. The van der Waals surface area contributed by atoms with Gasteiger partial charge < -0.3 is 19.7 Å². The number of nitrogens with zero attached hydrogens (tertiary/aromatic N) is 2. The zero-order valence-corrected chi connectivity index (χ0v) is 22.6. The summed E-state index contributed by atoms with van der Waals surface area (Å²) in [4.78, 5) is 27.6. The van der Waals surface area contributed by atoms with Crippen LogP contribution in [0.2, 0.25) is 10.0 Å². The van der Waals surface area contributed by atoms with E-state index in [-0.39, 0.29) is 18.0 Å². The van der Waals surface area contributed by atoms with E-state index < -0.39 is 34.4 Å². The Labute approximate surface area is 221 Å². The summed E-state index contributed by atoms with van der Waals surface area (Å²) in [5.41, 5.74) is 0.699. The molecule has 196 valence electrons. The second-order valence-electron chi connectivity index (χ2n) is 8.03. The lowest BCUT2D eigenvalue weighted by Gasteiger charge is -2.32. The number of sulfonamides is 1. The third-order valence-electron chi connectivity index (χ3n) is 5.70. The van der Waals surface area contributed by atoms with Crippen LogP contribution in [-0.4, -0.2) is 63.2 Å². The lowest BCUT2D eigenvalue weighted by Crippen LogP contribution is -2.51. The molecule has 0 saturated heterocycles. The van der Waals surface area contributed by atoms with Crippen LogP contribution >= 0.6 is 23.2 Å². The number of anilines is 1. The van der Waals surface area contributed by atoms with Gasteiger partial charge in [0.2, 0.25) is 21.8 Å². The molecule has 36 heavy (non-hydrogen) atoms. The summed E-state index contributed by atoms with van der Waals surface area (Å²) < 4.78 is 38.2. The molecule has 1 heterocycles. The highest BCUT2D eigenvalue weighted by atomic mass is 35.5. The number of hydrogen-bond donors (Lipinski definition) is 1. The number of rotatable bonds is 10. The summed E-state index contributed by atoms with van der Waals surface area (Å²) >= 11 is 12.7. The van der Waals surface area contributed by atoms with Crippen molar-refractivity contribution in [3.63, 3.8) is 0 Å². The summed E-state index contributed by atoms with van der Waals surface area (Å²) in [6.45, 7) is 5.27. The Morgan fingerprint density at radius 2 is 1.69 bits per heavy atom. The van der Waals surface area contributed by atoms with Gasteiger partial charge in [0.15, 0.2) is 11.5 Å². The van der Waals surface area contributed by atoms with E-state index in [4.69, 9.17) is 32.7 Å². The minimum atomic E-state index is -3.88. The highest BCUT2D eigenvalue weighted by molar-refractivity contribution is 7.92. The maximum Gasteiger partial charge on any atom is 0.244 e. The number of likely N-dealkylation sites (N-methyl/N-ethyl adjacent to an activating group) is 1. The van der Waals surface area contributed by atoms with Crippen LogP contribution in [0.1, 0.15) is 26.3 Å². The van der Waals surface area contributed by atoms with Crippen LogP contribution in [-0.2, 0) is 26.2 Å². The van der Waals surface area contributed by atoms with Crippen LogP contribution in [0.4, 0.5) is 5.69 Å². The summed E-state index contributed by atoms with van der Waals surface area (Å²) in [5.74, 6) is -0.352. The van der Waals surface area contributed by atoms with Crippen molar-refractivity contribution in [2.75, 3.05) is 36.4 Å². The number of fused-ring (bicyclic) bond motifs is 1. The molecule has 2 aromatic rings. The Morgan fingerprint density at radius 1 is 1.06 bits per heavy atom. The number of benzene rings is 2. The molecule has 0 spiro atoms. The fraction of sp³-hybridized carbons (Fsp3) is 0.417. The van der Waals surface area contributed by atoms with E-state index in [0.717, 1.165) is 4.31 Å². The van der Waals surface area contributed by atoms with Crippen LogP contribution in [0.5, 0.6) is 11.5 Å². The molecule has 0 saturated carbocycles. The van der Waals surface area contributed by atoms with Crippen molar-refractivity contribution in [2.24, 2.45) is 0 Å². The number of halogens is 2. The van der Waals surface area contributed by atoms with Crippen LogP contribution in [0.3, 0.4) is 0 Å². The second kappa shape index (κ2) is 12.0. The lowest BCUT2D eigenvalue weighted by molar-refractivity contribution is -0.139. The van der Waals surface area contributed by atoms with Crippen molar-refractivity contribution in [2.45, 2.75) is 33.4 Å². The van der Waals surface area contributed by atoms with Gasteiger partial charge in [-0.3, -0.25) is 13.9 Å². The SMILES string of the molecule is CCNC(=O)[C@H](C)N(Cc1c(Cl)cccc1Cl)C(=O)CN(c1ccc2c(c1)OCCO2)S(=O)(=O)CC. The minimum absolute atomic E-state index is 0.0865. The molecule has 0 aromatic heterocycles. The summed E-state index contributed by atoms with van der Waals surface area (Å²) in [6, 6.07) is 8.69. The molecule has 0 bridgehead atoms. The molecule has 1 aliphatic rings.